The largest absolute Gasteiger partial charge is 0.493 e. The third-order valence-electron chi connectivity index (χ3n) is 6.37. The zero-order valence-corrected chi connectivity index (χ0v) is 21.5. The molecule has 1 aliphatic carbocycles. The number of fused-ring (bicyclic) bond motifs is 3. The van der Waals surface area contributed by atoms with E-state index in [9.17, 15) is 10.1 Å². The quantitative estimate of drug-likeness (QED) is 0.511. The summed E-state index contributed by atoms with van der Waals surface area (Å²) in [6, 6.07) is 13.5. The van der Waals surface area contributed by atoms with E-state index in [0.29, 0.717) is 29.2 Å². The van der Waals surface area contributed by atoms with E-state index in [4.69, 9.17) is 14.6 Å². The van der Waals surface area contributed by atoms with Crippen LogP contribution in [-0.4, -0.2) is 46.4 Å². The summed E-state index contributed by atoms with van der Waals surface area (Å²) >= 11 is 0. The number of ether oxygens (including phenoxy) is 2. The van der Waals surface area contributed by atoms with Gasteiger partial charge >= 0.3 is 0 Å². The van der Waals surface area contributed by atoms with Gasteiger partial charge in [-0.15, -0.1) is 0 Å². The third kappa shape index (κ3) is 4.49. The summed E-state index contributed by atoms with van der Waals surface area (Å²) < 4.78 is 13.5. The van der Waals surface area contributed by atoms with Gasteiger partial charge in [-0.05, 0) is 83.4 Å². The number of nitrogens with zero attached hydrogens (tertiary/aromatic N) is 4. The average molecular weight is 473 g/mol. The number of hydrogen-bond donors (Lipinski definition) is 0. The van der Waals surface area contributed by atoms with E-state index in [1.54, 1.807) is 35.9 Å². The van der Waals surface area contributed by atoms with Crippen LogP contribution in [-0.2, 0) is 12.8 Å². The van der Waals surface area contributed by atoms with Gasteiger partial charge in [-0.25, -0.2) is 4.68 Å². The van der Waals surface area contributed by atoms with Gasteiger partial charge in [-0.3, -0.25) is 4.79 Å². The number of amides is 1. The molecule has 0 spiro atoms. The Balaban J connectivity index is 1.99. The second kappa shape index (κ2) is 9.10. The first-order chi connectivity index (χ1) is 16.5. The van der Waals surface area contributed by atoms with Crippen molar-refractivity contribution in [3.63, 3.8) is 0 Å². The molecule has 0 N–H and O–H groups in total. The predicted octanol–water partition coefficient (Wildman–Crippen LogP) is 5.18. The highest BCUT2D eigenvalue weighted by Crippen LogP contribution is 2.43. The minimum absolute atomic E-state index is 0.0280. The van der Waals surface area contributed by atoms with Gasteiger partial charge in [0.2, 0.25) is 0 Å². The van der Waals surface area contributed by atoms with Crippen molar-refractivity contribution in [1.82, 2.24) is 14.7 Å². The van der Waals surface area contributed by atoms with Crippen LogP contribution >= 0.6 is 0 Å². The van der Waals surface area contributed by atoms with Crippen molar-refractivity contribution in [2.45, 2.75) is 59.1 Å². The number of methoxy groups -OCH3 is 1. The van der Waals surface area contributed by atoms with Crippen LogP contribution < -0.4 is 9.47 Å². The Labute approximate surface area is 206 Å². The van der Waals surface area contributed by atoms with Crippen LogP contribution in [0.25, 0.3) is 16.9 Å². The molecule has 0 bridgehead atoms. The second-order valence-corrected chi connectivity index (χ2v) is 10.1. The summed E-state index contributed by atoms with van der Waals surface area (Å²) in [4.78, 5) is 15.3. The van der Waals surface area contributed by atoms with Crippen molar-refractivity contribution >= 4 is 5.91 Å². The molecular formula is C28H32N4O3. The summed E-state index contributed by atoms with van der Waals surface area (Å²) in [5.41, 5.74) is 5.15. The second-order valence-electron chi connectivity index (χ2n) is 10.1. The predicted molar refractivity (Wildman–Crippen MR) is 135 cm³/mol. The monoisotopic (exact) mass is 472 g/mol. The van der Waals surface area contributed by atoms with E-state index in [-0.39, 0.29) is 17.6 Å². The van der Waals surface area contributed by atoms with Gasteiger partial charge in [0.05, 0.1) is 36.2 Å². The molecule has 1 amide bonds. The van der Waals surface area contributed by atoms with Gasteiger partial charge in [0.1, 0.15) is 0 Å². The molecule has 0 saturated heterocycles. The van der Waals surface area contributed by atoms with Crippen LogP contribution in [0, 0.1) is 11.3 Å². The molecule has 4 rings (SSSR count). The van der Waals surface area contributed by atoms with E-state index in [1.165, 1.54) is 0 Å². The molecule has 35 heavy (non-hydrogen) atoms. The molecule has 0 unspecified atom stereocenters. The minimum Gasteiger partial charge on any atom is -0.493 e. The van der Waals surface area contributed by atoms with Gasteiger partial charge in [0, 0.05) is 23.7 Å². The van der Waals surface area contributed by atoms with E-state index in [1.807, 2.05) is 58.9 Å². The highest BCUT2D eigenvalue weighted by Gasteiger charge is 2.33. The zero-order chi connectivity index (χ0) is 25.5. The van der Waals surface area contributed by atoms with Gasteiger partial charge < -0.3 is 14.4 Å². The molecule has 7 nitrogen and oxygen atoms in total. The summed E-state index contributed by atoms with van der Waals surface area (Å²) in [6.07, 6.45) is 1.40. The van der Waals surface area contributed by atoms with Gasteiger partial charge in [-0.2, -0.15) is 10.4 Å². The van der Waals surface area contributed by atoms with Crippen LogP contribution in [0.3, 0.4) is 0 Å². The number of carbonyl (C=O) groups excluding carboxylic acids is 1. The third-order valence-corrected chi connectivity index (χ3v) is 6.37. The van der Waals surface area contributed by atoms with Crippen LogP contribution in [0.1, 0.15) is 61.8 Å². The van der Waals surface area contributed by atoms with Crippen molar-refractivity contribution in [2.75, 3.05) is 14.2 Å². The average Bonchev–Trinajstić information content (AvgIpc) is 3.22. The highest BCUT2D eigenvalue weighted by atomic mass is 16.5. The fourth-order valence-electron chi connectivity index (χ4n) is 4.29. The fraction of sp³-hybridized carbons (Fsp3) is 0.393. The number of nitriles is 1. The van der Waals surface area contributed by atoms with Crippen molar-refractivity contribution in [2.24, 2.45) is 0 Å². The normalized spacial score (nSPS) is 12.5. The zero-order valence-electron chi connectivity index (χ0n) is 21.5. The van der Waals surface area contributed by atoms with E-state index >= 15 is 0 Å². The lowest BCUT2D eigenvalue weighted by atomic mass is 9.88. The lowest BCUT2D eigenvalue weighted by Crippen LogP contribution is -2.43. The number of hydrogen-bond acceptors (Lipinski definition) is 5. The van der Waals surface area contributed by atoms with E-state index in [0.717, 1.165) is 34.5 Å². The molecule has 1 heterocycles. The molecule has 1 aromatic heterocycles. The minimum atomic E-state index is -0.354. The first kappa shape index (κ1) is 24.3. The molecule has 0 saturated carbocycles. The topological polar surface area (TPSA) is 80.4 Å². The standard InChI is InChI=1S/C28H32N4O3/c1-17(2)35-24-15-22-19(14-23(24)34-7)11-12-21-25(27(33)31(6)28(3,4)5)30-32(26(21)22)20-10-8-9-18(13-20)16-29/h8-10,13-15,17H,11-12H2,1-7H3. The lowest BCUT2D eigenvalue weighted by molar-refractivity contribution is 0.0648. The Morgan fingerprint density at radius 1 is 1.17 bits per heavy atom. The van der Waals surface area contributed by atoms with Gasteiger partial charge in [0.15, 0.2) is 17.2 Å². The maximum absolute atomic E-state index is 13.6. The molecule has 0 radical (unpaired) electrons. The SMILES string of the molecule is COc1cc2c(cc1OC(C)C)-c1c(c(C(=O)N(C)C(C)(C)C)nn1-c1cccc(C#N)c1)CC2. The van der Waals surface area contributed by atoms with Gasteiger partial charge in [0.25, 0.3) is 5.91 Å². The number of rotatable bonds is 5. The summed E-state index contributed by atoms with van der Waals surface area (Å²) in [6.45, 7) is 9.95. The summed E-state index contributed by atoms with van der Waals surface area (Å²) in [5, 5.41) is 14.3. The van der Waals surface area contributed by atoms with Crippen LogP contribution in [0.4, 0.5) is 0 Å². The molecule has 1 aliphatic rings. The molecule has 2 aromatic carbocycles. The van der Waals surface area contributed by atoms with Crippen LogP contribution in [0.5, 0.6) is 11.5 Å². The molecule has 0 aliphatic heterocycles. The van der Waals surface area contributed by atoms with Crippen LogP contribution in [0.15, 0.2) is 36.4 Å². The first-order valence-electron chi connectivity index (χ1n) is 11.8. The molecule has 0 fully saturated rings. The Bertz CT molecular complexity index is 1330. The smallest absolute Gasteiger partial charge is 0.274 e. The Hall–Kier alpha value is -3.79. The number of aromatic nitrogens is 2. The maximum Gasteiger partial charge on any atom is 0.274 e. The molecule has 7 heteroatoms. The van der Waals surface area contributed by atoms with E-state index < -0.39 is 0 Å². The molecule has 182 valence electrons. The number of benzene rings is 2. The maximum atomic E-state index is 13.6. The summed E-state index contributed by atoms with van der Waals surface area (Å²) in [5.74, 6) is 1.20. The van der Waals surface area contributed by atoms with Crippen molar-refractivity contribution in [3.05, 3.63) is 58.8 Å². The summed E-state index contributed by atoms with van der Waals surface area (Å²) in [7, 11) is 3.44. The molecule has 3 aromatic rings. The van der Waals surface area contributed by atoms with Crippen molar-refractivity contribution in [3.8, 4) is 34.5 Å². The number of carbonyl (C=O) groups is 1. The lowest BCUT2D eigenvalue weighted by Gasteiger charge is -2.31. The highest BCUT2D eigenvalue weighted by molar-refractivity contribution is 5.97. The first-order valence-corrected chi connectivity index (χ1v) is 11.8. The van der Waals surface area contributed by atoms with Crippen molar-refractivity contribution < 1.29 is 14.3 Å². The van der Waals surface area contributed by atoms with Gasteiger partial charge in [-0.1, -0.05) is 6.07 Å². The van der Waals surface area contributed by atoms with E-state index in [2.05, 4.69) is 6.07 Å². The molecular weight excluding hydrogens is 440 g/mol. The molecule has 0 atom stereocenters. The number of aryl methyl sites for hydroxylation is 1. The Morgan fingerprint density at radius 2 is 1.91 bits per heavy atom. The fourth-order valence-corrected chi connectivity index (χ4v) is 4.29. The van der Waals surface area contributed by atoms with Crippen molar-refractivity contribution in [1.29, 1.82) is 5.26 Å². The Morgan fingerprint density at radius 3 is 2.54 bits per heavy atom. The van der Waals surface area contributed by atoms with Crippen LogP contribution in [0.2, 0.25) is 0 Å². The Kier molecular flexibility index (Phi) is 6.33.